The van der Waals surface area contributed by atoms with Crippen LogP contribution in [0.3, 0.4) is 0 Å². The van der Waals surface area contributed by atoms with Crippen LogP contribution in [0.4, 0.5) is 4.39 Å². The number of hydrogen-bond donors (Lipinski definition) is 1. The summed E-state index contributed by atoms with van der Waals surface area (Å²) in [5.74, 6) is 0. The monoisotopic (exact) mass is 172 g/mol. The Kier molecular flexibility index (Phi) is 4.25. The van der Waals surface area contributed by atoms with Crippen molar-refractivity contribution in [3.63, 3.8) is 0 Å². The summed E-state index contributed by atoms with van der Waals surface area (Å²) in [6, 6.07) is 0. The van der Waals surface area contributed by atoms with Gasteiger partial charge in [0, 0.05) is 13.1 Å². The second-order valence-electron chi connectivity index (χ2n) is 3.31. The van der Waals surface area contributed by atoms with Gasteiger partial charge in [0.15, 0.2) is 0 Å². The van der Waals surface area contributed by atoms with Crippen molar-refractivity contribution in [1.29, 1.82) is 0 Å². The Hall–Kier alpha value is -0.410. The van der Waals surface area contributed by atoms with E-state index in [-0.39, 0.29) is 0 Å². The second kappa shape index (κ2) is 5.27. The van der Waals surface area contributed by atoms with Crippen molar-refractivity contribution in [2.45, 2.75) is 19.3 Å². The Bertz CT molecular complexity index is 151. The molecular weight excluding hydrogens is 155 g/mol. The summed E-state index contributed by atoms with van der Waals surface area (Å²) in [6.45, 7) is 3.24. The van der Waals surface area contributed by atoms with Crippen LogP contribution in [0.1, 0.15) is 19.3 Å². The highest BCUT2D eigenvalue weighted by Crippen LogP contribution is 2.10. The van der Waals surface area contributed by atoms with Crippen molar-refractivity contribution in [2.75, 3.05) is 26.2 Å². The molecule has 2 N–H and O–H groups in total. The zero-order chi connectivity index (χ0) is 8.81. The van der Waals surface area contributed by atoms with Gasteiger partial charge in [0.2, 0.25) is 0 Å². The van der Waals surface area contributed by atoms with Crippen LogP contribution in [0.5, 0.6) is 0 Å². The van der Waals surface area contributed by atoms with Gasteiger partial charge < -0.3 is 5.73 Å². The molecule has 1 aliphatic rings. The van der Waals surface area contributed by atoms with E-state index in [2.05, 4.69) is 4.90 Å². The van der Waals surface area contributed by atoms with Crippen molar-refractivity contribution in [3.8, 4) is 0 Å². The molecule has 0 aliphatic carbocycles. The van der Waals surface area contributed by atoms with E-state index < -0.39 is 0 Å². The van der Waals surface area contributed by atoms with E-state index >= 15 is 0 Å². The molecule has 1 aliphatic heterocycles. The van der Waals surface area contributed by atoms with Gasteiger partial charge in [-0.05, 0) is 31.5 Å². The van der Waals surface area contributed by atoms with Gasteiger partial charge in [-0.25, -0.2) is 4.39 Å². The molecule has 0 aromatic carbocycles. The molecule has 70 valence electrons. The largest absolute Gasteiger partial charge is 0.327 e. The summed E-state index contributed by atoms with van der Waals surface area (Å²) in [6.07, 6.45) is 4.44. The third-order valence-corrected chi connectivity index (χ3v) is 2.29. The van der Waals surface area contributed by atoms with E-state index in [0.717, 1.165) is 13.1 Å². The fourth-order valence-corrected chi connectivity index (χ4v) is 1.55. The van der Waals surface area contributed by atoms with Gasteiger partial charge in [0.05, 0.1) is 6.33 Å². The molecule has 1 heterocycles. The molecule has 0 bridgehead atoms. The zero-order valence-electron chi connectivity index (χ0n) is 7.43. The van der Waals surface area contributed by atoms with Crippen molar-refractivity contribution in [3.05, 3.63) is 11.9 Å². The number of piperidine rings is 1. The molecule has 0 radical (unpaired) electrons. The van der Waals surface area contributed by atoms with E-state index in [4.69, 9.17) is 5.73 Å². The van der Waals surface area contributed by atoms with Crippen LogP contribution in [0, 0.1) is 0 Å². The molecule has 1 saturated heterocycles. The Labute approximate surface area is 73.2 Å². The molecule has 0 saturated carbocycles. The minimum atomic E-state index is 0.340. The molecule has 0 unspecified atom stereocenters. The maximum absolute atomic E-state index is 12.1. The first-order valence-corrected chi connectivity index (χ1v) is 4.57. The molecule has 1 rings (SSSR count). The summed E-state index contributed by atoms with van der Waals surface area (Å²) >= 11 is 0. The summed E-state index contributed by atoms with van der Waals surface area (Å²) in [5.41, 5.74) is 6.07. The van der Waals surface area contributed by atoms with Crippen molar-refractivity contribution in [1.82, 2.24) is 4.90 Å². The average molecular weight is 172 g/mol. The summed E-state index contributed by atoms with van der Waals surface area (Å²) in [7, 11) is 0. The number of hydrogen-bond acceptors (Lipinski definition) is 2. The highest BCUT2D eigenvalue weighted by atomic mass is 19.1. The molecule has 0 amide bonds. The number of likely N-dealkylation sites (tertiary alicyclic amines) is 1. The van der Waals surface area contributed by atoms with Crippen LogP contribution < -0.4 is 5.73 Å². The van der Waals surface area contributed by atoms with Gasteiger partial charge in [-0.3, -0.25) is 4.90 Å². The number of rotatable bonds is 3. The second-order valence-corrected chi connectivity index (χ2v) is 3.31. The summed E-state index contributed by atoms with van der Waals surface area (Å²) in [4.78, 5) is 2.27. The average Bonchev–Trinajstić information content (AvgIpc) is 2.16. The fourth-order valence-electron chi connectivity index (χ4n) is 1.55. The van der Waals surface area contributed by atoms with Gasteiger partial charge in [0.25, 0.3) is 0 Å². The lowest BCUT2D eigenvalue weighted by Gasteiger charge is -2.26. The van der Waals surface area contributed by atoms with Crippen LogP contribution in [0.15, 0.2) is 11.9 Å². The normalized spacial score (nSPS) is 21.3. The Balaban J connectivity index is 2.28. The summed E-state index contributed by atoms with van der Waals surface area (Å²) < 4.78 is 12.1. The van der Waals surface area contributed by atoms with Gasteiger partial charge >= 0.3 is 0 Å². The predicted molar refractivity (Wildman–Crippen MR) is 48.5 cm³/mol. The first-order valence-electron chi connectivity index (χ1n) is 4.57. The first kappa shape index (κ1) is 9.68. The molecule has 12 heavy (non-hydrogen) atoms. The van der Waals surface area contributed by atoms with Crippen LogP contribution >= 0.6 is 0 Å². The van der Waals surface area contributed by atoms with Crippen molar-refractivity contribution in [2.24, 2.45) is 5.73 Å². The van der Waals surface area contributed by atoms with Crippen molar-refractivity contribution >= 4 is 0 Å². The highest BCUT2D eigenvalue weighted by Gasteiger charge is 2.10. The lowest BCUT2D eigenvalue weighted by molar-refractivity contribution is 0.245. The van der Waals surface area contributed by atoms with Crippen LogP contribution in [0.25, 0.3) is 0 Å². The maximum Gasteiger partial charge on any atom is 0.0884 e. The lowest BCUT2D eigenvalue weighted by Crippen LogP contribution is -2.32. The molecule has 0 spiro atoms. The van der Waals surface area contributed by atoms with E-state index in [1.54, 1.807) is 0 Å². The van der Waals surface area contributed by atoms with Crippen LogP contribution in [-0.2, 0) is 0 Å². The van der Waals surface area contributed by atoms with Crippen molar-refractivity contribution < 1.29 is 4.39 Å². The molecule has 0 aromatic rings. The van der Waals surface area contributed by atoms with Gasteiger partial charge in [-0.1, -0.05) is 6.42 Å². The van der Waals surface area contributed by atoms with E-state index in [0.29, 0.717) is 25.0 Å². The zero-order valence-corrected chi connectivity index (χ0v) is 7.43. The molecule has 0 atom stereocenters. The third kappa shape index (κ3) is 2.91. The Morgan fingerprint density at radius 1 is 1.33 bits per heavy atom. The quantitative estimate of drug-likeness (QED) is 0.695. The summed E-state index contributed by atoms with van der Waals surface area (Å²) in [5, 5.41) is 0. The SMILES string of the molecule is NC/C(=C/F)CN1CCCCC1. The molecule has 0 aromatic heterocycles. The number of nitrogens with two attached hydrogens (primary N) is 1. The van der Waals surface area contributed by atoms with E-state index in [1.165, 1.54) is 19.3 Å². The van der Waals surface area contributed by atoms with Crippen LogP contribution in [-0.4, -0.2) is 31.1 Å². The topological polar surface area (TPSA) is 29.3 Å². The minimum absolute atomic E-state index is 0.340. The maximum atomic E-state index is 12.1. The predicted octanol–water partition coefficient (Wildman–Crippen LogP) is 1.28. The van der Waals surface area contributed by atoms with E-state index in [1.807, 2.05) is 0 Å². The molecular formula is C9H17FN2. The van der Waals surface area contributed by atoms with Gasteiger partial charge in [-0.2, -0.15) is 0 Å². The van der Waals surface area contributed by atoms with E-state index in [9.17, 15) is 4.39 Å². The number of halogens is 1. The molecule has 3 heteroatoms. The first-order chi connectivity index (χ1) is 5.86. The molecule has 1 fully saturated rings. The van der Waals surface area contributed by atoms with Gasteiger partial charge in [-0.15, -0.1) is 0 Å². The smallest absolute Gasteiger partial charge is 0.0884 e. The van der Waals surface area contributed by atoms with Gasteiger partial charge in [0.1, 0.15) is 0 Å². The number of nitrogens with zero attached hydrogens (tertiary/aromatic N) is 1. The fraction of sp³-hybridized carbons (Fsp3) is 0.778. The highest BCUT2D eigenvalue weighted by molar-refractivity contribution is 5.02. The Morgan fingerprint density at radius 2 is 2.00 bits per heavy atom. The standard InChI is InChI=1S/C9H17FN2/c10-6-9(7-11)8-12-4-2-1-3-5-12/h6H,1-5,7-8,11H2/b9-6-. The lowest BCUT2D eigenvalue weighted by atomic mass is 10.1. The third-order valence-electron chi connectivity index (χ3n) is 2.29. The van der Waals surface area contributed by atoms with Crippen LogP contribution in [0.2, 0.25) is 0 Å². The minimum Gasteiger partial charge on any atom is -0.327 e. The Morgan fingerprint density at radius 3 is 2.50 bits per heavy atom. The molecule has 2 nitrogen and oxygen atoms in total.